The number of ether oxygens (including phenoxy) is 9. The first kappa shape index (κ1) is 58.5. The van der Waals surface area contributed by atoms with Crippen LogP contribution in [0.25, 0.3) is 0 Å². The summed E-state index contributed by atoms with van der Waals surface area (Å²) in [6.45, 7) is 15.3. The zero-order valence-corrected chi connectivity index (χ0v) is 45.0. The Bertz CT molecular complexity index is 2380. The van der Waals surface area contributed by atoms with Crippen LogP contribution in [-0.2, 0) is 95.4 Å². The van der Waals surface area contributed by atoms with E-state index >= 15 is 0 Å². The standard InChI is InChI=1S/C21H30O6.2C18H22O7/c1-13(2)19(24)26-11-17(22)25-12-18(23)27-20(3,4)21-8-14-5-15(9-21)7-16(6-14)10-21;1-10(2)17(22)24-8-14(19)23-9-15(20)25-18-5-11-3-12(6-18)16(21)13(4-11)7-18;1-9(2)18(22)24-7-14(19)23-8-15(20)25-17-12-4-10-3-11(6-12)16(21)13(17)5-10/h14-16H,1,5-12H2,2-4H3;11-13H,1,3-9H2,2H3;10-13,17H,1,3-8H2,2H3. The fraction of sp³-hybridized carbons (Fsp3) is 0.702. The molecule has 12 rings (SSSR count). The maximum Gasteiger partial charge on any atom is 0.344 e. The molecule has 422 valence electrons. The second-order valence-electron chi connectivity index (χ2n) is 23.9. The Morgan fingerprint density at radius 1 is 0.455 bits per heavy atom. The Balaban J connectivity index is 0.000000168. The highest BCUT2D eigenvalue weighted by molar-refractivity contribution is 5.91. The summed E-state index contributed by atoms with van der Waals surface area (Å²) in [5.41, 5.74) is -0.598. The van der Waals surface area contributed by atoms with E-state index in [-0.39, 0.29) is 57.5 Å². The fourth-order valence-corrected chi connectivity index (χ4v) is 14.6. The topological polar surface area (TPSA) is 271 Å². The number of Topliss-reactive ketones (excluding diaryl/α,β-unsaturated/α-hetero) is 2. The molecule has 12 aliphatic carbocycles. The zero-order valence-electron chi connectivity index (χ0n) is 45.0. The molecule has 0 aromatic rings. The van der Waals surface area contributed by atoms with Gasteiger partial charge in [-0.1, -0.05) is 19.7 Å². The second kappa shape index (κ2) is 24.2. The van der Waals surface area contributed by atoms with E-state index < -0.39 is 111 Å². The number of carbonyl (C=O) groups excluding carboxylic acids is 11. The van der Waals surface area contributed by atoms with E-state index in [1.807, 2.05) is 13.8 Å². The Labute approximate surface area is 448 Å². The smallest absolute Gasteiger partial charge is 0.344 e. The summed E-state index contributed by atoms with van der Waals surface area (Å²) in [4.78, 5) is 129. The molecule has 0 aromatic carbocycles. The van der Waals surface area contributed by atoms with Gasteiger partial charge in [0.15, 0.2) is 39.6 Å². The third-order valence-corrected chi connectivity index (χ3v) is 17.3. The highest BCUT2D eigenvalue weighted by Gasteiger charge is 2.60. The van der Waals surface area contributed by atoms with Crippen molar-refractivity contribution in [2.24, 2.45) is 64.6 Å². The fourth-order valence-electron chi connectivity index (χ4n) is 14.6. The van der Waals surface area contributed by atoms with Gasteiger partial charge in [0.25, 0.3) is 0 Å². The average Bonchev–Trinajstić information content (AvgIpc) is 3.38. The van der Waals surface area contributed by atoms with Crippen LogP contribution in [0.4, 0.5) is 0 Å². The van der Waals surface area contributed by atoms with E-state index in [0.717, 1.165) is 82.0 Å². The van der Waals surface area contributed by atoms with Crippen molar-refractivity contribution in [1.29, 1.82) is 0 Å². The van der Waals surface area contributed by atoms with Gasteiger partial charge in [-0.05, 0) is 166 Å². The lowest BCUT2D eigenvalue weighted by Gasteiger charge is -2.61. The number of hydrogen-bond acceptors (Lipinski definition) is 20. The maximum atomic E-state index is 12.3. The Kier molecular flexibility index (Phi) is 18.4. The SMILES string of the molecule is C=C(C)C(=O)OCC(=O)OCC(=O)OC(C)(C)C12CC3CC(CC(C3)C1)C2.C=C(C)C(=O)OCC(=O)OCC(=O)OC12CC3CC(C1)C(=O)C(C3)C2.C=C(C)C(=O)OCC(=O)OCC(=O)OC1C2CC3CC(C2)C(=O)C1C3. The van der Waals surface area contributed by atoms with Gasteiger partial charge in [-0.3, -0.25) is 9.59 Å². The van der Waals surface area contributed by atoms with Crippen molar-refractivity contribution < 1.29 is 95.4 Å². The number of hydrogen-bond donors (Lipinski definition) is 0. The molecule has 0 saturated heterocycles. The molecular formula is C57H74O20. The quantitative estimate of drug-likeness (QED) is 0.0849. The minimum Gasteiger partial charge on any atom is -0.459 e. The molecule has 12 aliphatic rings. The van der Waals surface area contributed by atoms with Gasteiger partial charge >= 0.3 is 53.7 Å². The molecule has 0 aliphatic heterocycles. The monoisotopic (exact) mass is 1080 g/mol. The molecule has 20 nitrogen and oxygen atoms in total. The minimum absolute atomic E-state index is 0.00292. The molecule has 12 saturated carbocycles. The molecule has 0 heterocycles. The minimum atomic E-state index is -0.840. The highest BCUT2D eigenvalue weighted by atomic mass is 16.6. The largest absolute Gasteiger partial charge is 0.459 e. The van der Waals surface area contributed by atoms with Gasteiger partial charge in [-0.25, -0.2) is 43.2 Å². The van der Waals surface area contributed by atoms with Crippen LogP contribution in [0.1, 0.15) is 131 Å². The molecule has 20 heteroatoms. The van der Waals surface area contributed by atoms with Gasteiger partial charge in [-0.15, -0.1) is 0 Å². The molecule has 77 heavy (non-hydrogen) atoms. The number of carbonyl (C=O) groups is 11. The van der Waals surface area contributed by atoms with Crippen LogP contribution < -0.4 is 0 Å². The summed E-state index contributed by atoms with van der Waals surface area (Å²) in [6, 6.07) is 0. The van der Waals surface area contributed by atoms with Gasteiger partial charge in [0.2, 0.25) is 0 Å². The van der Waals surface area contributed by atoms with Crippen molar-refractivity contribution in [2.45, 2.75) is 148 Å². The summed E-state index contributed by atoms with van der Waals surface area (Å²) >= 11 is 0. The molecule has 0 amide bonds. The molecule has 0 spiro atoms. The number of esters is 9. The van der Waals surface area contributed by atoms with E-state index in [0.29, 0.717) is 30.5 Å². The molecule has 12 fully saturated rings. The molecule has 0 radical (unpaired) electrons. The second-order valence-corrected chi connectivity index (χ2v) is 23.9. The van der Waals surface area contributed by atoms with Gasteiger partial charge < -0.3 is 42.6 Å². The van der Waals surface area contributed by atoms with Gasteiger partial charge in [0, 0.05) is 39.9 Å². The normalized spacial score (nSPS) is 31.9. The maximum absolute atomic E-state index is 12.3. The summed E-state index contributed by atoms with van der Waals surface area (Å²) in [6.07, 6.45) is 14.2. The lowest BCUT2D eigenvalue weighted by atomic mass is 9.46. The van der Waals surface area contributed by atoms with Crippen molar-refractivity contribution >= 4 is 65.3 Å². The number of ketones is 2. The average molecular weight is 1080 g/mol. The van der Waals surface area contributed by atoms with Crippen molar-refractivity contribution in [3.63, 3.8) is 0 Å². The van der Waals surface area contributed by atoms with E-state index in [9.17, 15) is 52.7 Å². The van der Waals surface area contributed by atoms with Crippen molar-refractivity contribution in [1.82, 2.24) is 0 Å². The van der Waals surface area contributed by atoms with E-state index in [4.69, 9.17) is 33.2 Å². The van der Waals surface area contributed by atoms with Gasteiger partial charge in [0.1, 0.15) is 28.9 Å². The molecule has 12 bridgehead atoms. The van der Waals surface area contributed by atoms with Crippen LogP contribution in [0.5, 0.6) is 0 Å². The molecule has 7 atom stereocenters. The van der Waals surface area contributed by atoms with Crippen LogP contribution in [0.3, 0.4) is 0 Å². The number of rotatable bonds is 19. The molecular weight excluding hydrogens is 1000 g/mol. The van der Waals surface area contributed by atoms with Gasteiger partial charge in [0.05, 0.1) is 5.92 Å². The predicted molar refractivity (Wildman–Crippen MR) is 266 cm³/mol. The first-order valence-electron chi connectivity index (χ1n) is 26.9. The van der Waals surface area contributed by atoms with Crippen LogP contribution in [0.15, 0.2) is 36.5 Å². The molecule has 0 aromatic heterocycles. The van der Waals surface area contributed by atoms with E-state index in [1.54, 1.807) is 0 Å². The van der Waals surface area contributed by atoms with Crippen LogP contribution in [0.2, 0.25) is 0 Å². The zero-order chi connectivity index (χ0) is 56.1. The van der Waals surface area contributed by atoms with Crippen LogP contribution in [-0.4, -0.2) is 122 Å². The van der Waals surface area contributed by atoms with E-state index in [2.05, 4.69) is 29.2 Å². The summed E-state index contributed by atoms with van der Waals surface area (Å²) in [5, 5.41) is 0. The third-order valence-electron chi connectivity index (χ3n) is 17.3. The van der Waals surface area contributed by atoms with Crippen molar-refractivity contribution in [3.05, 3.63) is 36.5 Å². The Morgan fingerprint density at radius 3 is 1.34 bits per heavy atom. The Morgan fingerprint density at radius 2 is 0.870 bits per heavy atom. The summed E-state index contributed by atoms with van der Waals surface area (Å²) in [7, 11) is 0. The van der Waals surface area contributed by atoms with Crippen LogP contribution in [0, 0.1) is 64.6 Å². The van der Waals surface area contributed by atoms with Gasteiger partial charge in [-0.2, -0.15) is 0 Å². The third kappa shape index (κ3) is 14.5. The summed E-state index contributed by atoms with van der Waals surface area (Å²) in [5.74, 6) is -2.39. The molecule has 7 unspecified atom stereocenters. The highest BCUT2D eigenvalue weighted by Crippen LogP contribution is 2.64. The van der Waals surface area contributed by atoms with Crippen molar-refractivity contribution in [3.8, 4) is 0 Å². The van der Waals surface area contributed by atoms with E-state index in [1.165, 1.54) is 40.0 Å². The lowest BCUT2D eigenvalue weighted by Crippen LogP contribution is -2.57. The first-order valence-corrected chi connectivity index (χ1v) is 26.9. The molecule has 0 N–H and O–H groups in total. The van der Waals surface area contributed by atoms with Crippen molar-refractivity contribution in [2.75, 3.05) is 39.6 Å². The first-order chi connectivity index (χ1) is 36.2. The predicted octanol–water partition coefficient (Wildman–Crippen LogP) is 5.72. The lowest BCUT2D eigenvalue weighted by molar-refractivity contribution is -0.203. The summed E-state index contributed by atoms with van der Waals surface area (Å²) < 4.78 is 45.3. The Hall–Kier alpha value is -6.21. The van der Waals surface area contributed by atoms with Crippen LogP contribution >= 0.6 is 0 Å².